The van der Waals surface area contributed by atoms with Crippen molar-refractivity contribution in [2.75, 3.05) is 0 Å². The summed E-state index contributed by atoms with van der Waals surface area (Å²) >= 11 is 5.95. The van der Waals surface area contributed by atoms with Gasteiger partial charge in [-0.05, 0) is 48.9 Å². The van der Waals surface area contributed by atoms with Crippen LogP contribution in [0.1, 0.15) is 5.56 Å². The minimum absolute atomic E-state index is 0.0930. The molecule has 0 saturated heterocycles. The molecule has 0 radical (unpaired) electrons. The summed E-state index contributed by atoms with van der Waals surface area (Å²) in [5.41, 5.74) is 0.593. The Hall–Kier alpha value is -1.30. The first kappa shape index (κ1) is 15.1. The fraction of sp³-hybridized carbons (Fsp3) is 0.0769. The highest BCUT2D eigenvalue weighted by Gasteiger charge is 2.13. The minimum Gasteiger partial charge on any atom is -0.456 e. The van der Waals surface area contributed by atoms with Gasteiger partial charge in [0.1, 0.15) is 17.3 Å². The number of halogens is 3. The summed E-state index contributed by atoms with van der Waals surface area (Å²) in [5.74, 6) is 0.310. The number of ether oxygens (including phenoxy) is 1. The predicted molar refractivity (Wildman–Crippen MR) is 75.7 cm³/mol. The lowest BCUT2D eigenvalue weighted by Crippen LogP contribution is -1.93. The molecular weight excluding hydrogens is 326 g/mol. The molecule has 0 spiro atoms. The Balaban J connectivity index is 2.35. The van der Waals surface area contributed by atoms with E-state index in [4.69, 9.17) is 27.0 Å². The zero-order chi connectivity index (χ0) is 14.9. The van der Waals surface area contributed by atoms with Crippen LogP contribution in [0.4, 0.5) is 4.39 Å². The molecule has 0 N–H and O–H groups in total. The Kier molecular flexibility index (Phi) is 4.22. The fourth-order valence-electron chi connectivity index (χ4n) is 1.56. The van der Waals surface area contributed by atoms with Crippen molar-refractivity contribution in [2.24, 2.45) is 0 Å². The van der Waals surface area contributed by atoms with Crippen molar-refractivity contribution < 1.29 is 17.5 Å². The van der Waals surface area contributed by atoms with Gasteiger partial charge in [0.25, 0.3) is 9.05 Å². The van der Waals surface area contributed by atoms with Crippen molar-refractivity contribution in [1.29, 1.82) is 0 Å². The van der Waals surface area contributed by atoms with E-state index in [1.165, 1.54) is 36.4 Å². The second-order valence-corrected chi connectivity index (χ2v) is 7.02. The standard InChI is InChI=1S/C13H9Cl2FO3S/c1-8-6-9(16)2-4-12(8)19-13-5-3-10(7-11(13)14)20(15,17)18/h2-7H,1H3. The van der Waals surface area contributed by atoms with E-state index in [-0.39, 0.29) is 21.5 Å². The van der Waals surface area contributed by atoms with E-state index in [0.717, 1.165) is 0 Å². The summed E-state index contributed by atoms with van der Waals surface area (Å²) in [5, 5.41) is 0.0930. The van der Waals surface area contributed by atoms with Crippen LogP contribution in [0.3, 0.4) is 0 Å². The van der Waals surface area contributed by atoms with E-state index >= 15 is 0 Å². The lowest BCUT2D eigenvalue weighted by atomic mass is 10.2. The van der Waals surface area contributed by atoms with Gasteiger partial charge in [-0.3, -0.25) is 0 Å². The smallest absolute Gasteiger partial charge is 0.261 e. The van der Waals surface area contributed by atoms with E-state index in [9.17, 15) is 12.8 Å². The quantitative estimate of drug-likeness (QED) is 0.775. The van der Waals surface area contributed by atoms with Gasteiger partial charge >= 0.3 is 0 Å². The first-order valence-electron chi connectivity index (χ1n) is 5.45. The number of aryl methyl sites for hydroxylation is 1. The fourth-order valence-corrected chi connectivity index (χ4v) is 2.62. The SMILES string of the molecule is Cc1cc(F)ccc1Oc1ccc(S(=O)(=O)Cl)cc1Cl. The van der Waals surface area contributed by atoms with Crippen molar-refractivity contribution in [3.8, 4) is 11.5 Å². The van der Waals surface area contributed by atoms with Gasteiger partial charge in [-0.2, -0.15) is 0 Å². The molecule has 0 aliphatic heterocycles. The molecule has 0 unspecified atom stereocenters. The summed E-state index contributed by atoms with van der Waals surface area (Å²) in [4.78, 5) is -0.118. The predicted octanol–water partition coefficient (Wildman–Crippen LogP) is 4.51. The van der Waals surface area contributed by atoms with Crippen LogP contribution in [-0.4, -0.2) is 8.42 Å². The second kappa shape index (κ2) is 5.60. The van der Waals surface area contributed by atoms with E-state index < -0.39 is 9.05 Å². The molecule has 0 fully saturated rings. The molecule has 7 heteroatoms. The third-order valence-electron chi connectivity index (χ3n) is 2.54. The maximum atomic E-state index is 13.0. The Labute approximate surface area is 125 Å². The van der Waals surface area contributed by atoms with Crippen molar-refractivity contribution in [3.63, 3.8) is 0 Å². The first-order chi connectivity index (χ1) is 9.27. The van der Waals surface area contributed by atoms with Crippen molar-refractivity contribution >= 4 is 31.3 Å². The normalized spacial score (nSPS) is 11.4. The van der Waals surface area contributed by atoms with Crippen LogP contribution in [0.2, 0.25) is 5.02 Å². The van der Waals surface area contributed by atoms with Crippen molar-refractivity contribution in [1.82, 2.24) is 0 Å². The molecule has 0 aliphatic rings. The van der Waals surface area contributed by atoms with Gasteiger partial charge in [-0.1, -0.05) is 11.6 Å². The topological polar surface area (TPSA) is 43.4 Å². The van der Waals surface area contributed by atoms with Crippen molar-refractivity contribution in [3.05, 3.63) is 52.8 Å². The maximum Gasteiger partial charge on any atom is 0.261 e. The van der Waals surface area contributed by atoms with Gasteiger partial charge < -0.3 is 4.74 Å². The van der Waals surface area contributed by atoms with Crippen LogP contribution in [0.25, 0.3) is 0 Å². The van der Waals surface area contributed by atoms with Gasteiger partial charge in [-0.25, -0.2) is 12.8 Å². The van der Waals surface area contributed by atoms with Crippen LogP contribution >= 0.6 is 22.3 Å². The molecule has 2 aromatic carbocycles. The second-order valence-electron chi connectivity index (χ2n) is 4.04. The van der Waals surface area contributed by atoms with Crippen LogP contribution in [-0.2, 0) is 9.05 Å². The molecule has 0 amide bonds. The third-order valence-corrected chi connectivity index (χ3v) is 4.19. The lowest BCUT2D eigenvalue weighted by molar-refractivity contribution is 0.476. The Morgan fingerprint density at radius 2 is 1.75 bits per heavy atom. The summed E-state index contributed by atoms with van der Waals surface area (Å²) in [6, 6.07) is 7.91. The zero-order valence-corrected chi connectivity index (χ0v) is 12.6. The van der Waals surface area contributed by atoms with Gasteiger partial charge in [-0.15, -0.1) is 0 Å². The van der Waals surface area contributed by atoms with Gasteiger partial charge in [0, 0.05) is 10.7 Å². The summed E-state index contributed by atoms with van der Waals surface area (Å²) in [6.07, 6.45) is 0. The molecular formula is C13H9Cl2FO3S. The average molecular weight is 335 g/mol. The molecule has 106 valence electrons. The van der Waals surface area contributed by atoms with Crippen molar-refractivity contribution in [2.45, 2.75) is 11.8 Å². The van der Waals surface area contributed by atoms with Gasteiger partial charge in [0.05, 0.1) is 9.92 Å². The monoisotopic (exact) mass is 334 g/mol. The first-order valence-corrected chi connectivity index (χ1v) is 8.14. The molecule has 0 aromatic heterocycles. The molecule has 0 atom stereocenters. The largest absolute Gasteiger partial charge is 0.456 e. The molecule has 2 rings (SSSR count). The molecule has 0 bridgehead atoms. The van der Waals surface area contributed by atoms with Crippen LogP contribution in [0, 0.1) is 12.7 Å². The highest BCUT2D eigenvalue weighted by molar-refractivity contribution is 8.13. The van der Waals surface area contributed by atoms with Crippen LogP contribution in [0.15, 0.2) is 41.3 Å². The summed E-state index contributed by atoms with van der Waals surface area (Å²) < 4.78 is 40.9. The van der Waals surface area contributed by atoms with E-state index in [0.29, 0.717) is 11.3 Å². The Morgan fingerprint density at radius 3 is 2.30 bits per heavy atom. The lowest BCUT2D eigenvalue weighted by Gasteiger charge is -2.10. The van der Waals surface area contributed by atoms with E-state index in [2.05, 4.69) is 0 Å². The van der Waals surface area contributed by atoms with E-state index in [1.54, 1.807) is 6.92 Å². The molecule has 0 saturated carbocycles. The Bertz CT molecular complexity index is 760. The highest BCUT2D eigenvalue weighted by Crippen LogP contribution is 2.33. The number of benzene rings is 2. The number of hydrogen-bond donors (Lipinski definition) is 0. The zero-order valence-electron chi connectivity index (χ0n) is 10.2. The van der Waals surface area contributed by atoms with Gasteiger partial charge in [0.2, 0.25) is 0 Å². The number of rotatable bonds is 3. The van der Waals surface area contributed by atoms with E-state index in [1.807, 2.05) is 0 Å². The van der Waals surface area contributed by atoms with Crippen LogP contribution < -0.4 is 4.74 Å². The molecule has 3 nitrogen and oxygen atoms in total. The summed E-state index contributed by atoms with van der Waals surface area (Å²) in [6.45, 7) is 1.68. The Morgan fingerprint density at radius 1 is 1.10 bits per heavy atom. The summed E-state index contributed by atoms with van der Waals surface area (Å²) in [7, 11) is 1.37. The maximum absolute atomic E-state index is 13.0. The molecule has 0 aliphatic carbocycles. The third kappa shape index (κ3) is 3.42. The molecule has 20 heavy (non-hydrogen) atoms. The highest BCUT2D eigenvalue weighted by atomic mass is 35.7. The molecule has 2 aromatic rings. The van der Waals surface area contributed by atoms with Crippen LogP contribution in [0.5, 0.6) is 11.5 Å². The average Bonchev–Trinajstić information content (AvgIpc) is 2.33. The number of hydrogen-bond acceptors (Lipinski definition) is 3. The molecule has 0 heterocycles. The minimum atomic E-state index is -3.85. The van der Waals surface area contributed by atoms with Gasteiger partial charge in [0.15, 0.2) is 0 Å².